The summed E-state index contributed by atoms with van der Waals surface area (Å²) in [5.74, 6) is -0.575. The molecule has 0 fully saturated rings. The van der Waals surface area contributed by atoms with Crippen molar-refractivity contribution in [1.82, 2.24) is 9.62 Å². The van der Waals surface area contributed by atoms with Gasteiger partial charge in [0.15, 0.2) is 0 Å². The molecule has 0 saturated carbocycles. The second-order valence-electron chi connectivity index (χ2n) is 10.7. The molecule has 0 bridgehead atoms. The topological polar surface area (TPSA) is 107 Å². The molecule has 3 rings (SSSR count). The maximum absolute atomic E-state index is 13.2. The molecule has 0 aromatic heterocycles. The first-order valence-electron chi connectivity index (χ1n) is 12.7. The molecular formula is C30H38N2O5S. The molecule has 7 nitrogen and oxygen atoms in total. The fourth-order valence-electron chi connectivity index (χ4n) is 4.29. The third-order valence-electron chi connectivity index (χ3n) is 6.56. The second kappa shape index (κ2) is 12.2. The SMILES string of the molecule is CC(C)c1ccc(CC(C)(C)NCC(O)CN(C)S(=O)(=O)c2cccc(-c3cccc(C(=O)O)c3)c2)cc1. The predicted molar refractivity (Wildman–Crippen MR) is 151 cm³/mol. The molecule has 0 aliphatic carbocycles. The van der Waals surface area contributed by atoms with Crippen molar-refractivity contribution < 1.29 is 23.4 Å². The van der Waals surface area contributed by atoms with Gasteiger partial charge in [-0.15, -0.1) is 0 Å². The molecular weight excluding hydrogens is 500 g/mol. The molecule has 0 aliphatic heterocycles. The molecule has 1 unspecified atom stereocenters. The lowest BCUT2D eigenvalue weighted by atomic mass is 9.93. The van der Waals surface area contributed by atoms with Crippen molar-refractivity contribution in [3.63, 3.8) is 0 Å². The van der Waals surface area contributed by atoms with Crippen LogP contribution in [0, 0.1) is 0 Å². The Morgan fingerprint density at radius 2 is 1.58 bits per heavy atom. The first-order chi connectivity index (χ1) is 17.8. The van der Waals surface area contributed by atoms with Crippen molar-refractivity contribution in [2.24, 2.45) is 0 Å². The summed E-state index contributed by atoms with van der Waals surface area (Å²) in [6, 6.07) is 21.3. The number of aliphatic hydroxyl groups is 1. The van der Waals surface area contributed by atoms with Crippen LogP contribution >= 0.6 is 0 Å². The van der Waals surface area contributed by atoms with Gasteiger partial charge < -0.3 is 15.5 Å². The van der Waals surface area contributed by atoms with Gasteiger partial charge >= 0.3 is 5.97 Å². The number of carboxylic acids is 1. The fraction of sp³-hybridized carbons (Fsp3) is 0.367. The molecule has 3 aromatic carbocycles. The molecule has 38 heavy (non-hydrogen) atoms. The highest BCUT2D eigenvalue weighted by Gasteiger charge is 2.25. The summed E-state index contributed by atoms with van der Waals surface area (Å²) in [5.41, 5.74) is 3.51. The predicted octanol–water partition coefficient (Wildman–Crippen LogP) is 4.77. The van der Waals surface area contributed by atoms with E-state index in [0.29, 0.717) is 17.0 Å². The Bertz CT molecular complexity index is 1350. The average molecular weight is 539 g/mol. The van der Waals surface area contributed by atoms with Crippen molar-refractivity contribution >= 4 is 16.0 Å². The van der Waals surface area contributed by atoms with Crippen LogP contribution in [0.15, 0.2) is 77.7 Å². The minimum atomic E-state index is -3.88. The number of nitrogens with zero attached hydrogens (tertiary/aromatic N) is 1. The van der Waals surface area contributed by atoms with Gasteiger partial charge in [-0.25, -0.2) is 13.2 Å². The normalized spacial score (nSPS) is 13.2. The zero-order chi connectivity index (χ0) is 28.1. The van der Waals surface area contributed by atoms with Crippen LogP contribution in [0.2, 0.25) is 0 Å². The van der Waals surface area contributed by atoms with E-state index in [1.807, 2.05) is 0 Å². The van der Waals surface area contributed by atoms with Crippen molar-refractivity contribution in [3.05, 3.63) is 89.5 Å². The third-order valence-corrected chi connectivity index (χ3v) is 8.38. The van der Waals surface area contributed by atoms with Crippen LogP contribution in [0.1, 0.15) is 55.1 Å². The third kappa shape index (κ3) is 7.74. The van der Waals surface area contributed by atoms with E-state index in [1.165, 1.54) is 42.4 Å². The van der Waals surface area contributed by atoms with Crippen molar-refractivity contribution in [2.75, 3.05) is 20.1 Å². The maximum atomic E-state index is 13.2. The van der Waals surface area contributed by atoms with Crippen LogP contribution in [-0.4, -0.2) is 60.7 Å². The van der Waals surface area contributed by atoms with E-state index in [4.69, 9.17) is 0 Å². The zero-order valence-electron chi connectivity index (χ0n) is 22.7. The monoisotopic (exact) mass is 538 g/mol. The zero-order valence-corrected chi connectivity index (χ0v) is 23.5. The summed E-state index contributed by atoms with van der Waals surface area (Å²) in [4.78, 5) is 11.4. The first kappa shape index (κ1) is 29.5. The maximum Gasteiger partial charge on any atom is 0.335 e. The summed E-state index contributed by atoms with van der Waals surface area (Å²) in [5, 5.41) is 23.3. The van der Waals surface area contributed by atoms with Crippen molar-refractivity contribution in [2.45, 2.75) is 56.6 Å². The smallest absolute Gasteiger partial charge is 0.335 e. The van der Waals surface area contributed by atoms with Gasteiger partial charge in [-0.3, -0.25) is 0 Å². The number of sulfonamides is 1. The van der Waals surface area contributed by atoms with Gasteiger partial charge in [-0.1, -0.05) is 62.4 Å². The molecule has 0 spiro atoms. The molecule has 3 N–H and O–H groups in total. The van der Waals surface area contributed by atoms with E-state index in [-0.39, 0.29) is 29.1 Å². The number of rotatable bonds is 12. The van der Waals surface area contributed by atoms with E-state index in [1.54, 1.807) is 24.3 Å². The molecule has 0 saturated heterocycles. The number of benzene rings is 3. The summed E-state index contributed by atoms with van der Waals surface area (Å²) in [7, 11) is -2.43. The van der Waals surface area contributed by atoms with Crippen LogP contribution in [0.25, 0.3) is 11.1 Å². The Morgan fingerprint density at radius 1 is 0.974 bits per heavy atom. The minimum absolute atomic E-state index is 0.0727. The Kier molecular flexibility index (Phi) is 9.49. The van der Waals surface area contributed by atoms with Crippen LogP contribution in [-0.2, 0) is 16.4 Å². The lowest BCUT2D eigenvalue weighted by Crippen LogP contribution is -2.47. The molecule has 0 amide bonds. The molecule has 0 radical (unpaired) electrons. The van der Waals surface area contributed by atoms with Gasteiger partial charge in [-0.05, 0) is 72.7 Å². The van der Waals surface area contributed by atoms with Crippen molar-refractivity contribution in [1.29, 1.82) is 0 Å². The second-order valence-corrected chi connectivity index (χ2v) is 12.7. The fourth-order valence-corrected chi connectivity index (χ4v) is 5.55. The van der Waals surface area contributed by atoms with Crippen LogP contribution in [0.5, 0.6) is 0 Å². The van der Waals surface area contributed by atoms with Gasteiger partial charge in [0.1, 0.15) is 0 Å². The van der Waals surface area contributed by atoms with Gasteiger partial charge in [0, 0.05) is 25.7 Å². The van der Waals surface area contributed by atoms with Gasteiger partial charge in [0.05, 0.1) is 16.6 Å². The molecule has 8 heteroatoms. The largest absolute Gasteiger partial charge is 0.478 e. The summed E-state index contributed by atoms with van der Waals surface area (Å²) in [6.45, 7) is 8.60. The van der Waals surface area contributed by atoms with E-state index >= 15 is 0 Å². The Balaban J connectivity index is 1.63. The van der Waals surface area contributed by atoms with Crippen LogP contribution < -0.4 is 5.32 Å². The van der Waals surface area contributed by atoms with E-state index in [0.717, 1.165) is 10.7 Å². The molecule has 0 aliphatic rings. The molecule has 204 valence electrons. The highest BCUT2D eigenvalue weighted by Crippen LogP contribution is 2.25. The summed E-state index contributed by atoms with van der Waals surface area (Å²) < 4.78 is 27.6. The van der Waals surface area contributed by atoms with E-state index < -0.39 is 22.1 Å². The number of aromatic carboxylic acids is 1. The standard InChI is InChI=1S/C30H38N2O5S/c1-21(2)23-14-12-22(13-15-23)18-30(3,4)31-19-27(33)20-32(5)38(36,37)28-11-7-9-25(17-28)24-8-6-10-26(16-24)29(34)35/h6-17,21,27,31,33H,18-20H2,1-5H3,(H,34,35). The van der Waals surface area contributed by atoms with Crippen LogP contribution in [0.4, 0.5) is 0 Å². The lowest BCUT2D eigenvalue weighted by molar-refractivity contribution is 0.0697. The summed E-state index contributed by atoms with van der Waals surface area (Å²) in [6.07, 6.45) is -0.143. The Labute approximate surface area is 226 Å². The molecule has 3 aromatic rings. The number of hydrogen-bond donors (Lipinski definition) is 3. The van der Waals surface area contributed by atoms with Crippen LogP contribution in [0.3, 0.4) is 0 Å². The number of β-amino-alcohol motifs (C(OH)–C–C–N with tert-alkyl or cyclic N) is 1. The van der Waals surface area contributed by atoms with Crippen molar-refractivity contribution in [3.8, 4) is 11.1 Å². The number of nitrogens with one attached hydrogen (secondary N) is 1. The highest BCUT2D eigenvalue weighted by molar-refractivity contribution is 7.89. The quantitative estimate of drug-likeness (QED) is 0.307. The summed E-state index contributed by atoms with van der Waals surface area (Å²) >= 11 is 0. The average Bonchev–Trinajstić information content (AvgIpc) is 2.87. The highest BCUT2D eigenvalue weighted by atomic mass is 32.2. The van der Waals surface area contributed by atoms with Gasteiger partial charge in [-0.2, -0.15) is 4.31 Å². The minimum Gasteiger partial charge on any atom is -0.478 e. The lowest BCUT2D eigenvalue weighted by Gasteiger charge is -2.29. The number of hydrogen-bond acceptors (Lipinski definition) is 5. The number of carboxylic acid groups (broad SMARTS) is 1. The van der Waals surface area contributed by atoms with E-state index in [9.17, 15) is 23.4 Å². The Hall–Kier alpha value is -3.04. The van der Waals surface area contributed by atoms with Gasteiger partial charge in [0.25, 0.3) is 0 Å². The molecule has 0 heterocycles. The number of aliphatic hydroxyl groups excluding tert-OH is 1. The Morgan fingerprint density at radius 3 is 2.18 bits per heavy atom. The number of carbonyl (C=O) groups is 1. The first-order valence-corrected chi connectivity index (χ1v) is 14.1. The van der Waals surface area contributed by atoms with Gasteiger partial charge in [0.2, 0.25) is 10.0 Å². The van der Waals surface area contributed by atoms with E-state index in [2.05, 4.69) is 57.3 Å². The molecule has 1 atom stereocenters. The number of likely N-dealkylation sites (N-methyl/N-ethyl adjacent to an activating group) is 1.